The zero-order valence-corrected chi connectivity index (χ0v) is 16.1. The Morgan fingerprint density at radius 3 is 2.63 bits per heavy atom. The van der Waals surface area contributed by atoms with Gasteiger partial charge in [0.1, 0.15) is 18.1 Å². The molecular weight excluding hydrogens is 480 g/mol. The summed E-state index contributed by atoms with van der Waals surface area (Å²) < 4.78 is 51.5. The number of amides is 1. The van der Waals surface area contributed by atoms with E-state index in [-0.39, 0.29) is 28.8 Å². The van der Waals surface area contributed by atoms with Crippen LogP contribution < -0.4 is 4.74 Å². The summed E-state index contributed by atoms with van der Waals surface area (Å²) >= 11 is 2.15. The van der Waals surface area contributed by atoms with Crippen LogP contribution in [0.3, 0.4) is 0 Å². The Bertz CT molecular complexity index is 879. The van der Waals surface area contributed by atoms with Crippen LogP contribution in [0.2, 0.25) is 0 Å². The number of aliphatic hydroxyl groups is 1. The van der Waals surface area contributed by atoms with Gasteiger partial charge in [0.25, 0.3) is 5.72 Å². The molecule has 144 valence electrons. The largest absolute Gasteiger partial charge is 0.486 e. The summed E-state index contributed by atoms with van der Waals surface area (Å²) in [5.41, 5.74) is -3.41. The van der Waals surface area contributed by atoms with Crippen LogP contribution >= 0.6 is 22.6 Å². The zero-order chi connectivity index (χ0) is 19.8. The van der Waals surface area contributed by atoms with Crippen molar-refractivity contribution in [3.63, 3.8) is 0 Å². The van der Waals surface area contributed by atoms with Crippen LogP contribution in [0, 0.1) is 3.57 Å². The molecule has 6 nitrogen and oxygen atoms in total. The number of hydrogen-bond acceptors (Lipinski definition) is 5. The van der Waals surface area contributed by atoms with Gasteiger partial charge < -0.3 is 14.3 Å². The summed E-state index contributed by atoms with van der Waals surface area (Å²) in [5, 5.41) is 13.5. The van der Waals surface area contributed by atoms with Crippen LogP contribution in [0.4, 0.5) is 13.2 Å². The van der Waals surface area contributed by atoms with Crippen LogP contribution in [0.5, 0.6) is 5.75 Å². The molecule has 10 heteroatoms. The zero-order valence-electron chi connectivity index (χ0n) is 14.0. The molecule has 0 saturated carbocycles. The summed E-state index contributed by atoms with van der Waals surface area (Å²) in [7, 11) is 0. The topological polar surface area (TPSA) is 75.3 Å². The van der Waals surface area contributed by atoms with E-state index in [1.807, 2.05) is 12.1 Å². The van der Waals surface area contributed by atoms with Gasteiger partial charge in [-0.25, -0.2) is 0 Å². The van der Waals surface area contributed by atoms with Crippen LogP contribution in [-0.4, -0.2) is 33.6 Å². The van der Waals surface area contributed by atoms with Crippen LogP contribution in [-0.2, 0) is 6.61 Å². The Balaban J connectivity index is 1.73. The minimum absolute atomic E-state index is 0.0142. The van der Waals surface area contributed by atoms with E-state index < -0.39 is 24.2 Å². The number of ether oxygens (including phenoxy) is 1. The third kappa shape index (κ3) is 3.95. The number of alkyl halides is 3. The summed E-state index contributed by atoms with van der Waals surface area (Å²) in [4.78, 5) is 12.4. The molecule has 0 saturated heterocycles. The van der Waals surface area contributed by atoms with E-state index in [2.05, 4.69) is 27.7 Å². The maximum Gasteiger partial charge on any atom is 0.438 e. The average molecular weight is 494 g/mol. The van der Waals surface area contributed by atoms with E-state index in [4.69, 9.17) is 9.15 Å². The van der Waals surface area contributed by atoms with Crippen LogP contribution in [0.1, 0.15) is 29.7 Å². The monoisotopic (exact) mass is 494 g/mol. The van der Waals surface area contributed by atoms with Gasteiger partial charge in [-0.15, -0.1) is 0 Å². The minimum atomic E-state index is -5.06. The number of furan rings is 1. The molecule has 0 fully saturated rings. The van der Waals surface area contributed by atoms with Gasteiger partial charge in [-0.3, -0.25) is 4.79 Å². The Hall–Kier alpha value is -2.08. The molecule has 1 aliphatic rings. The summed E-state index contributed by atoms with van der Waals surface area (Å²) in [6.45, 7) is 1.28. The van der Waals surface area contributed by atoms with Gasteiger partial charge in [0.15, 0.2) is 5.76 Å². The lowest BCUT2D eigenvalue weighted by Crippen LogP contribution is -2.56. The number of hydrogen-bond donors (Lipinski definition) is 1. The standard InChI is InChI=1S/C17H14F3IN2O4/c1-10-8-16(25,17(18,19)20)23(22-10)15(24)14-7-6-13(27-14)9-26-12-4-2-11(21)3-5-12/h2-7,25H,8-9H2,1H3. The molecule has 0 radical (unpaired) electrons. The number of halogens is 4. The fraction of sp³-hybridized carbons (Fsp3) is 0.294. The third-order valence-corrected chi connectivity index (χ3v) is 4.56. The molecule has 1 atom stereocenters. The molecule has 3 rings (SSSR count). The fourth-order valence-corrected chi connectivity index (χ4v) is 2.87. The summed E-state index contributed by atoms with van der Waals surface area (Å²) in [5.74, 6) is -0.747. The Morgan fingerprint density at radius 2 is 2.00 bits per heavy atom. The van der Waals surface area contributed by atoms with E-state index in [1.165, 1.54) is 19.1 Å². The van der Waals surface area contributed by atoms with E-state index >= 15 is 0 Å². The number of carbonyl (C=O) groups is 1. The van der Waals surface area contributed by atoms with Crippen LogP contribution in [0.25, 0.3) is 0 Å². The molecule has 1 unspecified atom stereocenters. The quantitative estimate of drug-likeness (QED) is 0.654. The normalized spacial score (nSPS) is 19.9. The number of benzene rings is 1. The van der Waals surface area contributed by atoms with Crippen molar-refractivity contribution in [3.05, 3.63) is 51.5 Å². The second-order valence-corrected chi connectivity index (χ2v) is 7.20. The number of hydrazone groups is 1. The summed E-state index contributed by atoms with van der Waals surface area (Å²) in [6, 6.07) is 9.83. The SMILES string of the molecule is CC1=NN(C(=O)c2ccc(COc3ccc(I)cc3)o2)C(O)(C(F)(F)F)C1. The van der Waals surface area contributed by atoms with Gasteiger partial charge in [0.05, 0.1) is 0 Å². The fourth-order valence-electron chi connectivity index (χ4n) is 2.51. The Labute approximate surface area is 165 Å². The van der Waals surface area contributed by atoms with E-state index in [0.717, 1.165) is 3.57 Å². The van der Waals surface area contributed by atoms with Crippen molar-refractivity contribution >= 4 is 34.2 Å². The highest BCUT2D eigenvalue weighted by molar-refractivity contribution is 14.1. The molecule has 0 aliphatic carbocycles. The maximum absolute atomic E-state index is 13.2. The molecule has 2 heterocycles. The molecular formula is C17H14F3IN2O4. The first-order chi connectivity index (χ1) is 12.6. The Kier molecular flexibility index (Phi) is 5.21. The predicted octanol–water partition coefficient (Wildman–Crippen LogP) is 3.94. The predicted molar refractivity (Wildman–Crippen MR) is 97.1 cm³/mol. The molecule has 1 amide bonds. The van der Waals surface area contributed by atoms with Gasteiger partial charge >= 0.3 is 12.1 Å². The highest BCUT2D eigenvalue weighted by atomic mass is 127. The van der Waals surface area contributed by atoms with E-state index in [1.54, 1.807) is 12.1 Å². The van der Waals surface area contributed by atoms with E-state index in [0.29, 0.717) is 5.75 Å². The highest BCUT2D eigenvalue weighted by Crippen LogP contribution is 2.40. The van der Waals surface area contributed by atoms with Crippen molar-refractivity contribution in [2.45, 2.75) is 31.9 Å². The highest BCUT2D eigenvalue weighted by Gasteiger charge is 2.63. The first-order valence-corrected chi connectivity index (χ1v) is 8.83. The van der Waals surface area contributed by atoms with Gasteiger partial charge in [-0.1, -0.05) is 0 Å². The molecule has 27 heavy (non-hydrogen) atoms. The average Bonchev–Trinajstić information content (AvgIpc) is 3.18. The number of rotatable bonds is 4. The second-order valence-electron chi connectivity index (χ2n) is 5.95. The van der Waals surface area contributed by atoms with Gasteiger partial charge in [0.2, 0.25) is 0 Å². The van der Waals surface area contributed by atoms with Crippen molar-refractivity contribution in [3.8, 4) is 5.75 Å². The van der Waals surface area contributed by atoms with Crippen molar-refractivity contribution in [1.82, 2.24) is 5.01 Å². The summed E-state index contributed by atoms with van der Waals surface area (Å²) in [6.07, 6.45) is -5.88. The molecule has 1 aromatic carbocycles. The van der Waals surface area contributed by atoms with E-state index in [9.17, 15) is 23.1 Å². The lowest BCUT2D eigenvalue weighted by molar-refractivity contribution is -0.297. The second kappa shape index (κ2) is 7.15. The lowest BCUT2D eigenvalue weighted by Gasteiger charge is -2.32. The molecule has 1 aliphatic heterocycles. The van der Waals surface area contributed by atoms with Gasteiger partial charge in [-0.05, 0) is 65.9 Å². The van der Waals surface area contributed by atoms with Crippen molar-refractivity contribution in [2.75, 3.05) is 0 Å². The molecule has 0 spiro atoms. The van der Waals surface area contributed by atoms with Gasteiger partial charge in [-0.2, -0.15) is 23.3 Å². The number of nitrogens with zero attached hydrogens (tertiary/aromatic N) is 2. The van der Waals surface area contributed by atoms with Crippen molar-refractivity contribution in [1.29, 1.82) is 0 Å². The Morgan fingerprint density at radius 1 is 1.33 bits per heavy atom. The van der Waals surface area contributed by atoms with Crippen LogP contribution in [0.15, 0.2) is 45.9 Å². The maximum atomic E-state index is 13.2. The molecule has 1 N–H and O–H groups in total. The molecule has 1 aromatic heterocycles. The van der Waals surface area contributed by atoms with Crippen molar-refractivity contribution in [2.24, 2.45) is 5.10 Å². The smallest absolute Gasteiger partial charge is 0.438 e. The number of carbonyl (C=O) groups excluding carboxylic acids is 1. The molecule has 2 aromatic rings. The first-order valence-electron chi connectivity index (χ1n) is 7.75. The van der Waals surface area contributed by atoms with Gasteiger partial charge in [0, 0.05) is 15.7 Å². The first kappa shape index (κ1) is 19.7. The lowest BCUT2D eigenvalue weighted by atomic mass is 10.1. The van der Waals surface area contributed by atoms with Crippen molar-refractivity contribution < 1.29 is 32.2 Å². The minimum Gasteiger partial charge on any atom is -0.486 e. The third-order valence-electron chi connectivity index (χ3n) is 3.84. The molecule has 0 bridgehead atoms.